The van der Waals surface area contributed by atoms with Crippen LogP contribution < -0.4 is 15.0 Å². The maximum Gasteiger partial charge on any atom is 0.258 e. The lowest BCUT2D eigenvalue weighted by atomic mass is 10.0. The molecule has 0 fully saturated rings. The Balaban J connectivity index is 1.72. The van der Waals surface area contributed by atoms with Crippen LogP contribution in [0.4, 0.5) is 0 Å². The molecule has 5 nitrogen and oxygen atoms in total. The first-order valence-electron chi connectivity index (χ1n) is 7.96. The first-order chi connectivity index (χ1) is 12.1. The Morgan fingerprint density at radius 3 is 2.80 bits per heavy atom. The van der Waals surface area contributed by atoms with Crippen molar-refractivity contribution in [2.75, 3.05) is 6.61 Å². The van der Waals surface area contributed by atoms with Crippen molar-refractivity contribution in [2.45, 2.75) is 13.3 Å². The largest absolute Gasteiger partial charge is 0.494 e. The van der Waals surface area contributed by atoms with Gasteiger partial charge >= 0.3 is 0 Å². The molecule has 6 heteroatoms. The Morgan fingerprint density at radius 1 is 1.24 bits per heavy atom. The van der Waals surface area contributed by atoms with Crippen molar-refractivity contribution < 1.29 is 9.47 Å². The highest BCUT2D eigenvalue weighted by Crippen LogP contribution is 2.35. The van der Waals surface area contributed by atoms with Crippen molar-refractivity contribution in [2.24, 2.45) is 0 Å². The Bertz CT molecular complexity index is 997. The van der Waals surface area contributed by atoms with E-state index in [1.54, 1.807) is 18.2 Å². The number of hydrogen-bond acceptors (Lipinski definition) is 4. The standard InChI is InChI=1S/C19H15ClN2O3/c1-2-24-14-6-3-11(4-7-14)17-21-18(23)15-10-12-9-13(20)5-8-16(12)25-19(15)22-17/h3-9H,2,10H2,1H3,(H,21,22,23). The van der Waals surface area contributed by atoms with Crippen LogP contribution in [0.2, 0.25) is 5.02 Å². The number of halogens is 1. The van der Waals surface area contributed by atoms with Crippen LogP contribution >= 0.6 is 11.6 Å². The summed E-state index contributed by atoms with van der Waals surface area (Å²) in [6, 6.07) is 12.7. The number of hydrogen-bond donors (Lipinski definition) is 1. The normalized spacial score (nSPS) is 12.1. The molecule has 2 aromatic carbocycles. The highest BCUT2D eigenvalue weighted by molar-refractivity contribution is 6.30. The topological polar surface area (TPSA) is 64.2 Å². The summed E-state index contributed by atoms with van der Waals surface area (Å²) in [5.41, 5.74) is 1.96. The summed E-state index contributed by atoms with van der Waals surface area (Å²) < 4.78 is 11.3. The third-order valence-corrected chi connectivity index (χ3v) is 4.25. The zero-order chi connectivity index (χ0) is 17.4. The van der Waals surface area contributed by atoms with Crippen LogP contribution in [0.5, 0.6) is 17.4 Å². The van der Waals surface area contributed by atoms with Crippen molar-refractivity contribution in [1.29, 1.82) is 0 Å². The van der Waals surface area contributed by atoms with Gasteiger partial charge in [0.2, 0.25) is 5.88 Å². The fraction of sp³-hybridized carbons (Fsp3) is 0.158. The number of benzene rings is 2. The Labute approximate surface area is 149 Å². The minimum atomic E-state index is -0.209. The summed E-state index contributed by atoms with van der Waals surface area (Å²) in [6.45, 7) is 2.53. The van der Waals surface area contributed by atoms with E-state index in [-0.39, 0.29) is 5.56 Å². The molecule has 0 unspecified atom stereocenters. The van der Waals surface area contributed by atoms with Gasteiger partial charge in [-0.2, -0.15) is 4.98 Å². The average molecular weight is 355 g/mol. The number of aromatic nitrogens is 2. The van der Waals surface area contributed by atoms with Crippen LogP contribution in [0.15, 0.2) is 47.3 Å². The lowest BCUT2D eigenvalue weighted by molar-refractivity contribution is 0.340. The van der Waals surface area contributed by atoms with Crippen molar-refractivity contribution in [3.8, 4) is 28.8 Å². The lowest BCUT2D eigenvalue weighted by Gasteiger charge is -2.19. The summed E-state index contributed by atoms with van der Waals surface area (Å²) in [5.74, 6) is 2.24. The molecule has 0 amide bonds. The van der Waals surface area contributed by atoms with Gasteiger partial charge in [-0.3, -0.25) is 4.79 Å². The van der Waals surface area contributed by atoms with Crippen LogP contribution in [0.25, 0.3) is 11.4 Å². The molecule has 1 aliphatic heterocycles. The predicted molar refractivity (Wildman–Crippen MR) is 95.8 cm³/mol. The number of nitrogens with zero attached hydrogens (tertiary/aromatic N) is 1. The van der Waals surface area contributed by atoms with Gasteiger partial charge in [-0.1, -0.05) is 11.6 Å². The summed E-state index contributed by atoms with van der Waals surface area (Å²) in [6.07, 6.45) is 0.442. The number of rotatable bonds is 3. The fourth-order valence-corrected chi connectivity index (χ4v) is 3.00. The van der Waals surface area contributed by atoms with Gasteiger partial charge in [-0.25, -0.2) is 0 Å². The van der Waals surface area contributed by atoms with Gasteiger partial charge in [-0.05, 0) is 49.4 Å². The molecule has 1 aliphatic rings. The van der Waals surface area contributed by atoms with E-state index in [0.717, 1.165) is 16.9 Å². The molecule has 0 radical (unpaired) electrons. The number of nitrogens with one attached hydrogen (secondary N) is 1. The molecule has 4 rings (SSSR count). The maximum absolute atomic E-state index is 12.5. The van der Waals surface area contributed by atoms with E-state index in [0.29, 0.717) is 41.1 Å². The van der Waals surface area contributed by atoms with Gasteiger partial charge in [-0.15, -0.1) is 0 Å². The molecule has 3 aromatic rings. The third kappa shape index (κ3) is 2.98. The minimum absolute atomic E-state index is 0.209. The van der Waals surface area contributed by atoms with Gasteiger partial charge in [0, 0.05) is 22.6 Å². The summed E-state index contributed by atoms with van der Waals surface area (Å²) in [4.78, 5) is 19.8. The molecule has 126 valence electrons. The smallest absolute Gasteiger partial charge is 0.258 e. The van der Waals surface area contributed by atoms with E-state index in [1.807, 2.05) is 31.2 Å². The van der Waals surface area contributed by atoms with Crippen LogP contribution in [-0.4, -0.2) is 16.6 Å². The van der Waals surface area contributed by atoms with Crippen LogP contribution in [0, 0.1) is 0 Å². The highest BCUT2D eigenvalue weighted by Gasteiger charge is 2.22. The second-order valence-electron chi connectivity index (χ2n) is 5.69. The van der Waals surface area contributed by atoms with Crippen molar-refractivity contribution >= 4 is 11.6 Å². The van der Waals surface area contributed by atoms with Crippen LogP contribution in [-0.2, 0) is 6.42 Å². The van der Waals surface area contributed by atoms with Gasteiger partial charge in [0.05, 0.1) is 12.2 Å². The molecule has 25 heavy (non-hydrogen) atoms. The van der Waals surface area contributed by atoms with E-state index in [9.17, 15) is 4.79 Å². The molecule has 1 aromatic heterocycles. The number of fused-ring (bicyclic) bond motifs is 2. The Morgan fingerprint density at radius 2 is 2.04 bits per heavy atom. The van der Waals surface area contributed by atoms with Gasteiger partial charge in [0.15, 0.2) is 0 Å². The van der Waals surface area contributed by atoms with Gasteiger partial charge < -0.3 is 14.5 Å². The number of aromatic amines is 1. The van der Waals surface area contributed by atoms with E-state index in [1.165, 1.54) is 0 Å². The lowest BCUT2D eigenvalue weighted by Crippen LogP contribution is -2.20. The molecule has 0 atom stereocenters. The number of H-pyrrole nitrogens is 1. The number of ether oxygens (including phenoxy) is 2. The van der Waals surface area contributed by atoms with Gasteiger partial charge in [0.1, 0.15) is 17.3 Å². The second-order valence-corrected chi connectivity index (χ2v) is 6.12. The van der Waals surface area contributed by atoms with Crippen LogP contribution in [0.1, 0.15) is 18.1 Å². The SMILES string of the molecule is CCOc1ccc(-c2nc3c(c(=O)[nH]2)Cc2cc(Cl)ccc2O3)cc1. The Hall–Kier alpha value is -2.79. The molecule has 0 aliphatic carbocycles. The minimum Gasteiger partial charge on any atom is -0.494 e. The summed E-state index contributed by atoms with van der Waals surface area (Å²) in [5, 5.41) is 0.612. The molecular formula is C19H15ClN2O3. The van der Waals surface area contributed by atoms with Crippen molar-refractivity contribution in [3.63, 3.8) is 0 Å². The van der Waals surface area contributed by atoms with E-state index in [2.05, 4.69) is 9.97 Å². The molecule has 0 saturated carbocycles. The molecule has 2 heterocycles. The fourth-order valence-electron chi connectivity index (χ4n) is 2.81. The third-order valence-electron chi connectivity index (χ3n) is 4.01. The Kier molecular flexibility index (Phi) is 3.93. The van der Waals surface area contributed by atoms with Crippen molar-refractivity contribution in [3.05, 3.63) is 69.0 Å². The van der Waals surface area contributed by atoms with E-state index >= 15 is 0 Å². The average Bonchev–Trinajstić information content (AvgIpc) is 2.61. The molecule has 1 N–H and O–H groups in total. The summed E-state index contributed by atoms with van der Waals surface area (Å²) in [7, 11) is 0. The van der Waals surface area contributed by atoms with Crippen molar-refractivity contribution in [1.82, 2.24) is 9.97 Å². The van der Waals surface area contributed by atoms with Gasteiger partial charge in [0.25, 0.3) is 5.56 Å². The predicted octanol–water partition coefficient (Wildman–Crippen LogP) is 4.19. The monoisotopic (exact) mass is 354 g/mol. The van der Waals surface area contributed by atoms with E-state index in [4.69, 9.17) is 21.1 Å². The molecular weight excluding hydrogens is 340 g/mol. The highest BCUT2D eigenvalue weighted by atomic mass is 35.5. The first-order valence-corrected chi connectivity index (χ1v) is 8.34. The molecule has 0 saturated heterocycles. The quantitative estimate of drug-likeness (QED) is 0.599. The van der Waals surface area contributed by atoms with E-state index < -0.39 is 0 Å². The molecule has 0 spiro atoms. The zero-order valence-corrected chi connectivity index (χ0v) is 14.3. The first kappa shape index (κ1) is 15.7. The summed E-state index contributed by atoms with van der Waals surface area (Å²) >= 11 is 6.02. The maximum atomic E-state index is 12.5. The van der Waals surface area contributed by atoms with Crippen LogP contribution in [0.3, 0.4) is 0 Å². The zero-order valence-electron chi connectivity index (χ0n) is 13.5. The molecule has 0 bridgehead atoms. The second kappa shape index (κ2) is 6.26.